The van der Waals surface area contributed by atoms with Gasteiger partial charge in [0.15, 0.2) is 6.10 Å². The van der Waals surface area contributed by atoms with Gasteiger partial charge in [-0.1, -0.05) is 328 Å². The summed E-state index contributed by atoms with van der Waals surface area (Å²) in [5, 5.41) is 0. The Morgan fingerprint density at radius 1 is 0.260 bits per heavy atom. The first-order valence-corrected chi connectivity index (χ1v) is 33.2. The van der Waals surface area contributed by atoms with Gasteiger partial charge in [0.1, 0.15) is 13.2 Å². The third-order valence-electron chi connectivity index (χ3n) is 15.3. The predicted molar refractivity (Wildman–Crippen MR) is 317 cm³/mol. The van der Waals surface area contributed by atoms with Crippen molar-refractivity contribution in [3.8, 4) is 0 Å². The van der Waals surface area contributed by atoms with Gasteiger partial charge in [0.25, 0.3) is 0 Å². The molecule has 1 atom stereocenters. The molecule has 0 aliphatic heterocycles. The Bertz CT molecular complexity index is 1130. The van der Waals surface area contributed by atoms with Crippen LogP contribution in [0.15, 0.2) is 12.2 Å². The average molecular weight is 1030 g/mol. The zero-order valence-corrected chi connectivity index (χ0v) is 49.7. The van der Waals surface area contributed by atoms with Crippen molar-refractivity contribution < 1.29 is 28.6 Å². The minimum atomic E-state index is -0.768. The number of allylic oxidation sites excluding steroid dienone is 2. The van der Waals surface area contributed by atoms with Crippen LogP contribution in [0.25, 0.3) is 0 Å². The highest BCUT2D eigenvalue weighted by atomic mass is 16.6. The second kappa shape index (κ2) is 62.7. The second-order valence-electron chi connectivity index (χ2n) is 22.7. The molecule has 6 nitrogen and oxygen atoms in total. The molecule has 6 heteroatoms. The van der Waals surface area contributed by atoms with E-state index in [9.17, 15) is 14.4 Å². The quantitative estimate of drug-likeness (QED) is 0.0261. The summed E-state index contributed by atoms with van der Waals surface area (Å²) in [6, 6.07) is 0. The van der Waals surface area contributed by atoms with Crippen LogP contribution < -0.4 is 0 Å². The van der Waals surface area contributed by atoms with Crippen LogP contribution in [0, 0.1) is 0 Å². The van der Waals surface area contributed by atoms with Crippen molar-refractivity contribution in [3.05, 3.63) is 12.2 Å². The molecule has 0 aromatic rings. The number of hydrogen-bond donors (Lipinski definition) is 0. The number of unbranched alkanes of at least 4 members (excludes halogenated alkanes) is 49. The second-order valence-corrected chi connectivity index (χ2v) is 22.7. The Morgan fingerprint density at radius 3 is 0.685 bits per heavy atom. The van der Waals surface area contributed by atoms with Crippen molar-refractivity contribution >= 4 is 17.9 Å². The lowest BCUT2D eigenvalue weighted by molar-refractivity contribution is -0.167. The maximum absolute atomic E-state index is 12.9. The van der Waals surface area contributed by atoms with E-state index in [4.69, 9.17) is 14.2 Å². The molecular weight excluding hydrogens is 901 g/mol. The van der Waals surface area contributed by atoms with Crippen molar-refractivity contribution in [1.29, 1.82) is 0 Å². The van der Waals surface area contributed by atoms with Gasteiger partial charge in [-0.05, 0) is 44.9 Å². The van der Waals surface area contributed by atoms with Crippen molar-refractivity contribution in [3.63, 3.8) is 0 Å². The molecule has 0 aromatic heterocycles. The fourth-order valence-electron chi connectivity index (χ4n) is 10.3. The molecule has 432 valence electrons. The Morgan fingerprint density at radius 2 is 0.452 bits per heavy atom. The molecular formula is C67H128O6. The summed E-state index contributed by atoms with van der Waals surface area (Å²) in [4.78, 5) is 38.4. The van der Waals surface area contributed by atoms with Gasteiger partial charge < -0.3 is 14.2 Å². The predicted octanol–water partition coefficient (Wildman–Crippen LogP) is 22.4. The molecule has 0 bridgehead atoms. The minimum Gasteiger partial charge on any atom is -0.462 e. The van der Waals surface area contributed by atoms with Gasteiger partial charge in [-0.2, -0.15) is 0 Å². The molecule has 0 aliphatic rings. The fourth-order valence-corrected chi connectivity index (χ4v) is 10.3. The number of carbonyl (C=O) groups excluding carboxylic acids is 3. The van der Waals surface area contributed by atoms with Crippen LogP contribution in [0.3, 0.4) is 0 Å². The number of carbonyl (C=O) groups is 3. The summed E-state index contributed by atoms with van der Waals surface area (Å²) in [5.41, 5.74) is 0. The first-order valence-electron chi connectivity index (χ1n) is 33.2. The molecule has 0 aliphatic carbocycles. The molecule has 1 unspecified atom stereocenters. The van der Waals surface area contributed by atoms with E-state index < -0.39 is 6.10 Å². The first kappa shape index (κ1) is 71.2. The van der Waals surface area contributed by atoms with Crippen LogP contribution in [-0.2, 0) is 28.6 Å². The topological polar surface area (TPSA) is 78.9 Å². The lowest BCUT2D eigenvalue weighted by Crippen LogP contribution is -2.30. The van der Waals surface area contributed by atoms with E-state index >= 15 is 0 Å². The van der Waals surface area contributed by atoms with Crippen LogP contribution in [0.2, 0.25) is 0 Å². The van der Waals surface area contributed by atoms with E-state index in [1.165, 1.54) is 283 Å². The van der Waals surface area contributed by atoms with Gasteiger partial charge in [-0.3, -0.25) is 14.4 Å². The Labute approximate surface area is 456 Å². The van der Waals surface area contributed by atoms with Crippen molar-refractivity contribution in [2.75, 3.05) is 13.2 Å². The summed E-state index contributed by atoms with van der Waals surface area (Å²) in [6.07, 6.45) is 73.6. The molecule has 73 heavy (non-hydrogen) atoms. The molecule has 0 saturated heterocycles. The van der Waals surface area contributed by atoms with Crippen LogP contribution in [0.1, 0.15) is 380 Å². The molecule has 0 rings (SSSR count). The lowest BCUT2D eigenvalue weighted by Gasteiger charge is -2.18. The number of rotatable bonds is 62. The van der Waals surface area contributed by atoms with Crippen LogP contribution in [0.5, 0.6) is 0 Å². The maximum atomic E-state index is 12.9. The summed E-state index contributed by atoms with van der Waals surface area (Å²) in [5.74, 6) is -0.836. The van der Waals surface area contributed by atoms with E-state index in [-0.39, 0.29) is 31.1 Å². The third-order valence-corrected chi connectivity index (χ3v) is 15.3. The molecule has 0 amide bonds. The lowest BCUT2D eigenvalue weighted by atomic mass is 10.0. The molecule has 0 radical (unpaired) electrons. The molecule has 0 spiro atoms. The summed E-state index contributed by atoms with van der Waals surface area (Å²) >= 11 is 0. The summed E-state index contributed by atoms with van der Waals surface area (Å²) in [6.45, 7) is 6.72. The zero-order valence-electron chi connectivity index (χ0n) is 49.7. The van der Waals surface area contributed by atoms with E-state index in [1.807, 2.05) is 0 Å². The Balaban J connectivity index is 4.29. The summed E-state index contributed by atoms with van der Waals surface area (Å²) < 4.78 is 17.0. The highest BCUT2D eigenvalue weighted by Crippen LogP contribution is 2.18. The SMILES string of the molecule is CCCCCCCCC/C=C\CCCCCCCCCC(=O)OC(COC(=O)CCCCCCCCCCCCCCCCCCC)COC(=O)CCCCCCCCCCCCCCCCCCCCCC. The van der Waals surface area contributed by atoms with Gasteiger partial charge >= 0.3 is 17.9 Å². The highest BCUT2D eigenvalue weighted by molar-refractivity contribution is 5.71. The molecule has 0 heterocycles. The molecule has 0 saturated carbocycles. The zero-order chi connectivity index (χ0) is 52.9. The number of ether oxygens (including phenoxy) is 3. The normalized spacial score (nSPS) is 12.0. The number of esters is 3. The monoisotopic (exact) mass is 1030 g/mol. The fraction of sp³-hybridized carbons (Fsp3) is 0.925. The number of hydrogen-bond acceptors (Lipinski definition) is 6. The Kier molecular flexibility index (Phi) is 61.1. The largest absolute Gasteiger partial charge is 0.462 e. The molecule has 0 aromatic carbocycles. The van der Waals surface area contributed by atoms with E-state index in [0.29, 0.717) is 19.3 Å². The smallest absolute Gasteiger partial charge is 0.306 e. The summed E-state index contributed by atoms with van der Waals surface area (Å²) in [7, 11) is 0. The minimum absolute atomic E-state index is 0.0650. The highest BCUT2D eigenvalue weighted by Gasteiger charge is 2.19. The van der Waals surface area contributed by atoms with Gasteiger partial charge in [-0.25, -0.2) is 0 Å². The van der Waals surface area contributed by atoms with Gasteiger partial charge in [0.2, 0.25) is 0 Å². The molecule has 0 fully saturated rings. The van der Waals surface area contributed by atoms with Crippen molar-refractivity contribution in [2.24, 2.45) is 0 Å². The van der Waals surface area contributed by atoms with Gasteiger partial charge in [-0.15, -0.1) is 0 Å². The van der Waals surface area contributed by atoms with E-state index in [2.05, 4.69) is 32.9 Å². The average Bonchev–Trinajstić information content (AvgIpc) is 3.39. The van der Waals surface area contributed by atoms with Crippen molar-refractivity contribution in [1.82, 2.24) is 0 Å². The third kappa shape index (κ3) is 60.9. The van der Waals surface area contributed by atoms with E-state index in [1.54, 1.807) is 0 Å². The van der Waals surface area contributed by atoms with Crippen molar-refractivity contribution in [2.45, 2.75) is 386 Å². The maximum Gasteiger partial charge on any atom is 0.306 e. The van der Waals surface area contributed by atoms with Gasteiger partial charge in [0, 0.05) is 19.3 Å². The van der Waals surface area contributed by atoms with Crippen LogP contribution in [-0.4, -0.2) is 37.2 Å². The first-order chi connectivity index (χ1) is 36.0. The standard InChI is InChI=1S/C67H128O6/c1-4-7-10-13-16-19-22-25-28-31-33-34-37-39-42-45-48-51-54-57-60-66(69)72-63-64(62-71-65(68)59-56-53-50-47-44-41-38-35-30-27-24-21-18-15-12-9-6-3)73-67(70)61-58-55-52-49-46-43-40-36-32-29-26-23-20-17-14-11-8-5-2/h29,32,64H,4-28,30-31,33-63H2,1-3H3/b32-29-. The van der Waals surface area contributed by atoms with Crippen LogP contribution >= 0.6 is 0 Å². The Hall–Kier alpha value is -1.85. The van der Waals surface area contributed by atoms with Gasteiger partial charge in [0.05, 0.1) is 0 Å². The van der Waals surface area contributed by atoms with E-state index in [0.717, 1.165) is 57.8 Å². The molecule has 0 N–H and O–H groups in total. The van der Waals surface area contributed by atoms with Crippen LogP contribution in [0.4, 0.5) is 0 Å².